The highest BCUT2D eigenvalue weighted by molar-refractivity contribution is 5.26. The van der Waals surface area contributed by atoms with E-state index in [4.69, 9.17) is 5.73 Å². The number of aromatic nitrogens is 2. The summed E-state index contributed by atoms with van der Waals surface area (Å²) < 4.78 is 1.49. The maximum Gasteiger partial charge on any atom is 0.268 e. The number of anilines is 1. The Kier molecular flexibility index (Phi) is 2.33. The maximum atomic E-state index is 11.4. The largest absolute Gasteiger partial charge is 0.384 e. The van der Waals surface area contributed by atoms with Crippen LogP contribution in [-0.2, 0) is 6.54 Å². The molecule has 0 fully saturated rings. The number of nitrogens with one attached hydrogen (secondary N) is 1. The molecule has 1 heterocycles. The van der Waals surface area contributed by atoms with Gasteiger partial charge in [-0.05, 0) is 12.5 Å². The van der Waals surface area contributed by atoms with Gasteiger partial charge in [0.2, 0.25) is 0 Å². The molecular formula is C11H13N3O. The van der Waals surface area contributed by atoms with Crippen molar-refractivity contribution < 1.29 is 0 Å². The average molecular weight is 203 g/mol. The summed E-state index contributed by atoms with van der Waals surface area (Å²) in [7, 11) is 0. The van der Waals surface area contributed by atoms with Crippen LogP contribution >= 0.6 is 0 Å². The molecule has 0 atom stereocenters. The van der Waals surface area contributed by atoms with E-state index in [1.54, 1.807) is 0 Å². The zero-order chi connectivity index (χ0) is 10.8. The van der Waals surface area contributed by atoms with Gasteiger partial charge in [-0.2, -0.15) is 0 Å². The van der Waals surface area contributed by atoms with Crippen molar-refractivity contribution >= 4 is 5.82 Å². The molecule has 0 bridgehead atoms. The van der Waals surface area contributed by atoms with E-state index in [2.05, 4.69) is 5.10 Å². The summed E-state index contributed by atoms with van der Waals surface area (Å²) in [5, 5.41) is 2.79. The lowest BCUT2D eigenvalue weighted by molar-refractivity contribution is 0.666. The SMILES string of the molecule is Cc1cccc(Cn2[nH]c(N)cc2=O)c1. The Morgan fingerprint density at radius 2 is 2.20 bits per heavy atom. The topological polar surface area (TPSA) is 63.8 Å². The predicted molar refractivity (Wildman–Crippen MR) is 59.7 cm³/mol. The van der Waals surface area contributed by atoms with Crippen LogP contribution in [0.15, 0.2) is 35.1 Å². The molecule has 4 heteroatoms. The number of rotatable bonds is 2. The lowest BCUT2D eigenvalue weighted by Gasteiger charge is -2.02. The van der Waals surface area contributed by atoms with E-state index < -0.39 is 0 Å². The second-order valence-corrected chi connectivity index (χ2v) is 3.62. The monoisotopic (exact) mass is 203 g/mol. The Labute approximate surface area is 87.3 Å². The molecule has 0 aliphatic rings. The van der Waals surface area contributed by atoms with E-state index in [-0.39, 0.29) is 5.56 Å². The summed E-state index contributed by atoms with van der Waals surface area (Å²) in [5.74, 6) is 0.396. The number of nitrogens with zero attached hydrogens (tertiary/aromatic N) is 1. The van der Waals surface area contributed by atoms with Gasteiger partial charge in [0.25, 0.3) is 5.56 Å². The van der Waals surface area contributed by atoms with Crippen LogP contribution in [0.1, 0.15) is 11.1 Å². The fourth-order valence-corrected chi connectivity index (χ4v) is 1.56. The highest BCUT2D eigenvalue weighted by Gasteiger charge is 2.00. The molecule has 0 spiro atoms. The second kappa shape index (κ2) is 3.65. The molecule has 0 saturated carbocycles. The van der Waals surface area contributed by atoms with Crippen LogP contribution in [0.25, 0.3) is 0 Å². The second-order valence-electron chi connectivity index (χ2n) is 3.62. The summed E-state index contributed by atoms with van der Waals surface area (Å²) in [4.78, 5) is 11.4. The van der Waals surface area contributed by atoms with Gasteiger partial charge in [0, 0.05) is 6.07 Å². The van der Waals surface area contributed by atoms with E-state index in [1.165, 1.54) is 16.3 Å². The lowest BCUT2D eigenvalue weighted by Crippen LogP contribution is -2.16. The minimum absolute atomic E-state index is 0.103. The van der Waals surface area contributed by atoms with Crippen molar-refractivity contribution in [2.45, 2.75) is 13.5 Å². The number of aryl methyl sites for hydroxylation is 1. The molecule has 1 aromatic carbocycles. The molecule has 3 N–H and O–H groups in total. The van der Waals surface area contributed by atoms with Gasteiger partial charge in [0.1, 0.15) is 5.82 Å². The molecule has 0 amide bonds. The predicted octanol–water partition coefficient (Wildman–Crippen LogP) is 1.12. The molecule has 1 aromatic heterocycles. The molecular weight excluding hydrogens is 190 g/mol. The number of benzene rings is 1. The van der Waals surface area contributed by atoms with Gasteiger partial charge in [-0.25, -0.2) is 4.68 Å². The molecule has 15 heavy (non-hydrogen) atoms. The number of hydrogen-bond acceptors (Lipinski definition) is 2. The fraction of sp³-hybridized carbons (Fsp3) is 0.182. The van der Waals surface area contributed by atoms with Gasteiger partial charge in [-0.3, -0.25) is 9.89 Å². The van der Waals surface area contributed by atoms with Crippen LogP contribution in [0.3, 0.4) is 0 Å². The normalized spacial score (nSPS) is 10.5. The first kappa shape index (κ1) is 9.58. The number of hydrogen-bond donors (Lipinski definition) is 2. The van der Waals surface area contributed by atoms with Gasteiger partial charge >= 0.3 is 0 Å². The molecule has 2 aromatic rings. The van der Waals surface area contributed by atoms with Crippen LogP contribution in [0.5, 0.6) is 0 Å². The molecule has 0 radical (unpaired) electrons. The zero-order valence-electron chi connectivity index (χ0n) is 8.53. The molecule has 2 rings (SSSR count). The number of nitrogens with two attached hydrogens (primary N) is 1. The van der Waals surface area contributed by atoms with Crippen molar-refractivity contribution in [2.75, 3.05) is 5.73 Å². The fourth-order valence-electron chi connectivity index (χ4n) is 1.56. The molecule has 4 nitrogen and oxygen atoms in total. The maximum absolute atomic E-state index is 11.4. The van der Waals surface area contributed by atoms with E-state index in [9.17, 15) is 4.79 Å². The summed E-state index contributed by atoms with van der Waals surface area (Å²) in [5.41, 5.74) is 7.65. The van der Waals surface area contributed by atoms with E-state index in [1.807, 2.05) is 31.2 Å². The first-order valence-corrected chi connectivity index (χ1v) is 4.76. The highest BCUT2D eigenvalue weighted by Crippen LogP contribution is 2.05. The third-order valence-electron chi connectivity index (χ3n) is 2.23. The van der Waals surface area contributed by atoms with Crippen molar-refractivity contribution in [1.82, 2.24) is 9.78 Å². The summed E-state index contributed by atoms with van der Waals surface area (Å²) in [6, 6.07) is 9.41. The lowest BCUT2D eigenvalue weighted by atomic mass is 10.1. The summed E-state index contributed by atoms with van der Waals surface area (Å²) in [6.45, 7) is 2.55. The minimum Gasteiger partial charge on any atom is -0.384 e. The van der Waals surface area contributed by atoms with Gasteiger partial charge in [-0.1, -0.05) is 29.8 Å². The molecule has 0 saturated heterocycles. The first-order valence-electron chi connectivity index (χ1n) is 4.76. The number of aromatic amines is 1. The highest BCUT2D eigenvalue weighted by atomic mass is 16.1. The molecule has 78 valence electrons. The van der Waals surface area contributed by atoms with Gasteiger partial charge in [0.15, 0.2) is 0 Å². The van der Waals surface area contributed by atoms with Gasteiger partial charge < -0.3 is 5.73 Å². The van der Waals surface area contributed by atoms with Crippen molar-refractivity contribution in [3.8, 4) is 0 Å². The quantitative estimate of drug-likeness (QED) is 0.768. The molecule has 0 aliphatic heterocycles. The Hall–Kier alpha value is -1.97. The number of H-pyrrole nitrogens is 1. The van der Waals surface area contributed by atoms with Crippen LogP contribution in [0, 0.1) is 6.92 Å². The zero-order valence-corrected chi connectivity index (χ0v) is 8.53. The van der Waals surface area contributed by atoms with Crippen molar-refractivity contribution in [1.29, 1.82) is 0 Å². The van der Waals surface area contributed by atoms with Gasteiger partial charge in [0.05, 0.1) is 6.54 Å². The average Bonchev–Trinajstić information content (AvgIpc) is 2.45. The number of nitrogen functional groups attached to an aromatic ring is 1. The van der Waals surface area contributed by atoms with Crippen molar-refractivity contribution in [2.24, 2.45) is 0 Å². The Morgan fingerprint density at radius 3 is 2.80 bits per heavy atom. The standard InChI is InChI=1S/C11H13N3O/c1-8-3-2-4-9(5-8)7-14-11(15)6-10(12)13-14/h2-6,13H,7,12H2,1H3. The third kappa shape index (κ3) is 2.10. The van der Waals surface area contributed by atoms with Crippen LogP contribution < -0.4 is 11.3 Å². The minimum atomic E-state index is -0.103. The van der Waals surface area contributed by atoms with Crippen LogP contribution in [0.2, 0.25) is 0 Å². The van der Waals surface area contributed by atoms with Crippen LogP contribution in [0.4, 0.5) is 5.82 Å². The Bertz CT molecular complexity index is 525. The summed E-state index contributed by atoms with van der Waals surface area (Å²) in [6.07, 6.45) is 0. The van der Waals surface area contributed by atoms with E-state index in [0.29, 0.717) is 12.4 Å². The summed E-state index contributed by atoms with van der Waals surface area (Å²) >= 11 is 0. The molecule has 0 unspecified atom stereocenters. The van der Waals surface area contributed by atoms with Crippen molar-refractivity contribution in [3.05, 3.63) is 51.8 Å². The van der Waals surface area contributed by atoms with Crippen LogP contribution in [-0.4, -0.2) is 9.78 Å². The van der Waals surface area contributed by atoms with Gasteiger partial charge in [-0.15, -0.1) is 0 Å². The van der Waals surface area contributed by atoms with E-state index in [0.717, 1.165) is 5.56 Å². The Morgan fingerprint density at radius 1 is 1.40 bits per heavy atom. The van der Waals surface area contributed by atoms with Crippen molar-refractivity contribution in [3.63, 3.8) is 0 Å². The Balaban J connectivity index is 2.29. The smallest absolute Gasteiger partial charge is 0.268 e. The molecule has 0 aliphatic carbocycles. The third-order valence-corrected chi connectivity index (χ3v) is 2.23. The van der Waals surface area contributed by atoms with E-state index >= 15 is 0 Å². The first-order chi connectivity index (χ1) is 7.15.